The summed E-state index contributed by atoms with van der Waals surface area (Å²) in [7, 11) is 0. The fourth-order valence-corrected chi connectivity index (χ4v) is 3.32. The fraction of sp³-hybridized carbons (Fsp3) is 0.217. The van der Waals surface area contributed by atoms with Crippen LogP contribution in [0.1, 0.15) is 30.0 Å². The Labute approximate surface area is 190 Å². The molecule has 0 unspecified atom stereocenters. The molecule has 0 aromatic heterocycles. The number of hydrogen-bond donors (Lipinski definition) is 0. The van der Waals surface area contributed by atoms with Gasteiger partial charge in [0.2, 0.25) is 0 Å². The largest absolute Gasteiger partial charge is 0.429 e. The predicted molar refractivity (Wildman–Crippen MR) is 102 cm³/mol. The number of rotatable bonds is 6. The molecule has 0 amide bonds. The van der Waals surface area contributed by atoms with Crippen molar-refractivity contribution in [2.75, 3.05) is 0 Å². The van der Waals surface area contributed by atoms with Gasteiger partial charge in [-0.25, -0.2) is 26.3 Å². The van der Waals surface area contributed by atoms with Crippen LogP contribution in [0.4, 0.5) is 48.3 Å². The van der Waals surface area contributed by atoms with Gasteiger partial charge in [0.15, 0.2) is 23.3 Å². The highest BCUT2D eigenvalue weighted by Crippen LogP contribution is 2.40. The van der Waals surface area contributed by atoms with E-state index in [1.807, 2.05) is 0 Å². The topological polar surface area (TPSA) is 9.23 Å². The van der Waals surface area contributed by atoms with Crippen molar-refractivity contribution in [3.05, 3.63) is 88.0 Å². The van der Waals surface area contributed by atoms with E-state index in [-0.39, 0.29) is 30.2 Å². The molecular formula is C23H13F11O. The van der Waals surface area contributed by atoms with Gasteiger partial charge < -0.3 is 4.74 Å². The minimum Gasteiger partial charge on any atom is -0.429 e. The van der Waals surface area contributed by atoms with Crippen molar-refractivity contribution in [1.29, 1.82) is 0 Å². The van der Waals surface area contributed by atoms with Gasteiger partial charge in [0.05, 0.1) is 0 Å². The minimum atomic E-state index is -5.48. The van der Waals surface area contributed by atoms with Crippen LogP contribution in [0.3, 0.4) is 0 Å². The van der Waals surface area contributed by atoms with Crippen LogP contribution >= 0.6 is 0 Å². The number of ether oxygens (including phenoxy) is 1. The van der Waals surface area contributed by atoms with Gasteiger partial charge in [0.25, 0.3) is 0 Å². The van der Waals surface area contributed by atoms with Gasteiger partial charge in [0, 0.05) is 23.3 Å². The summed E-state index contributed by atoms with van der Waals surface area (Å²) < 4.78 is 156. The Hall–Kier alpha value is -3.31. The van der Waals surface area contributed by atoms with E-state index in [0.717, 1.165) is 12.1 Å². The molecule has 35 heavy (non-hydrogen) atoms. The van der Waals surface area contributed by atoms with Crippen LogP contribution in [0.25, 0.3) is 11.1 Å². The highest BCUT2D eigenvalue weighted by molar-refractivity contribution is 5.66. The molecular weight excluding hydrogens is 501 g/mol. The smallest absolute Gasteiger partial charge is 0.429 e. The average Bonchev–Trinajstić information content (AvgIpc) is 2.72. The van der Waals surface area contributed by atoms with Gasteiger partial charge >= 0.3 is 12.3 Å². The fourth-order valence-electron chi connectivity index (χ4n) is 3.32. The molecule has 0 aliphatic rings. The zero-order valence-corrected chi connectivity index (χ0v) is 17.4. The number of alkyl halides is 5. The lowest BCUT2D eigenvalue weighted by Crippen LogP contribution is -2.24. The van der Waals surface area contributed by atoms with Crippen molar-refractivity contribution in [2.45, 2.75) is 32.1 Å². The summed E-state index contributed by atoms with van der Waals surface area (Å²) in [5.41, 5.74) is -5.89. The van der Waals surface area contributed by atoms with Crippen molar-refractivity contribution < 1.29 is 53.0 Å². The van der Waals surface area contributed by atoms with Crippen LogP contribution < -0.4 is 4.74 Å². The number of hydrogen-bond acceptors (Lipinski definition) is 1. The monoisotopic (exact) mass is 514 g/mol. The van der Waals surface area contributed by atoms with Crippen LogP contribution in [0.2, 0.25) is 0 Å². The Balaban J connectivity index is 2.00. The normalized spacial score (nSPS) is 12.2. The Bertz CT molecular complexity index is 1240. The van der Waals surface area contributed by atoms with Crippen molar-refractivity contribution in [3.63, 3.8) is 0 Å². The van der Waals surface area contributed by atoms with Gasteiger partial charge in [-0.05, 0) is 18.1 Å². The maximum Gasteiger partial charge on any atom is 0.429 e. The summed E-state index contributed by atoms with van der Waals surface area (Å²) in [5.74, 6) is -13.2. The zero-order chi connectivity index (χ0) is 26.3. The molecule has 3 aromatic rings. The molecule has 3 aromatic carbocycles. The van der Waals surface area contributed by atoms with Gasteiger partial charge in [-0.15, -0.1) is 0 Å². The molecule has 0 saturated heterocycles. The lowest BCUT2D eigenvalue weighted by atomic mass is 9.98. The lowest BCUT2D eigenvalue weighted by molar-refractivity contribution is -0.188. The molecule has 0 fully saturated rings. The highest BCUT2D eigenvalue weighted by Gasteiger charge is 2.42. The number of benzene rings is 3. The summed E-state index contributed by atoms with van der Waals surface area (Å²) in [6, 6.07) is 2.38. The van der Waals surface area contributed by atoms with Gasteiger partial charge in [0.1, 0.15) is 28.5 Å². The third-order valence-corrected chi connectivity index (χ3v) is 4.91. The van der Waals surface area contributed by atoms with E-state index < -0.39 is 75.2 Å². The molecule has 0 heterocycles. The second kappa shape index (κ2) is 9.38. The molecule has 0 saturated carbocycles. The molecule has 1 nitrogen and oxygen atoms in total. The molecule has 0 atom stereocenters. The van der Waals surface area contributed by atoms with E-state index in [2.05, 4.69) is 4.74 Å². The van der Waals surface area contributed by atoms with E-state index >= 15 is 0 Å². The van der Waals surface area contributed by atoms with E-state index in [4.69, 9.17) is 0 Å². The van der Waals surface area contributed by atoms with Crippen LogP contribution in [0.5, 0.6) is 5.75 Å². The van der Waals surface area contributed by atoms with E-state index in [0.29, 0.717) is 12.5 Å². The second-order valence-corrected chi connectivity index (χ2v) is 7.32. The second-order valence-electron chi connectivity index (χ2n) is 7.32. The van der Waals surface area contributed by atoms with Crippen LogP contribution in [-0.2, 0) is 18.7 Å². The maximum atomic E-state index is 14.6. The van der Waals surface area contributed by atoms with E-state index in [1.54, 1.807) is 6.92 Å². The molecule has 188 valence electrons. The first-order valence-electron chi connectivity index (χ1n) is 9.77. The molecule has 0 radical (unpaired) electrons. The quantitative estimate of drug-likeness (QED) is 0.301. The molecule has 0 aliphatic carbocycles. The van der Waals surface area contributed by atoms with Crippen molar-refractivity contribution in [3.8, 4) is 16.9 Å². The average molecular weight is 514 g/mol. The van der Waals surface area contributed by atoms with Gasteiger partial charge in [-0.3, -0.25) is 0 Å². The van der Waals surface area contributed by atoms with Gasteiger partial charge in [-0.1, -0.05) is 31.5 Å². The van der Waals surface area contributed by atoms with Crippen molar-refractivity contribution >= 4 is 0 Å². The predicted octanol–water partition coefficient (Wildman–Crippen LogP) is 8.29. The van der Waals surface area contributed by atoms with Crippen LogP contribution in [0.15, 0.2) is 36.4 Å². The number of aryl methyl sites for hydroxylation is 1. The summed E-state index contributed by atoms with van der Waals surface area (Å²) in [4.78, 5) is 0. The Kier molecular flexibility index (Phi) is 7.05. The Morgan fingerprint density at radius 1 is 0.686 bits per heavy atom. The lowest BCUT2D eigenvalue weighted by Gasteiger charge is -2.20. The Morgan fingerprint density at radius 2 is 1.20 bits per heavy atom. The first-order chi connectivity index (χ1) is 16.2. The summed E-state index contributed by atoms with van der Waals surface area (Å²) in [6.45, 7) is 1.69. The molecule has 0 bridgehead atoms. The van der Waals surface area contributed by atoms with Crippen molar-refractivity contribution in [1.82, 2.24) is 0 Å². The Morgan fingerprint density at radius 3 is 1.71 bits per heavy atom. The SMILES string of the molecule is CCCc1ccc(-c2ccc(C(F)(F)Oc3cc(F)c(C(F)(F)F)c(F)c3)c(F)c2F)c(F)c1F. The van der Waals surface area contributed by atoms with Crippen LogP contribution in [-0.4, -0.2) is 0 Å². The van der Waals surface area contributed by atoms with Crippen LogP contribution in [0, 0.1) is 34.9 Å². The molecule has 0 spiro atoms. The maximum absolute atomic E-state index is 14.6. The zero-order valence-electron chi connectivity index (χ0n) is 17.4. The van der Waals surface area contributed by atoms with Crippen molar-refractivity contribution in [2.24, 2.45) is 0 Å². The third kappa shape index (κ3) is 5.06. The standard InChI is InChI=1S/C23H13F11O/c1-2-3-10-4-5-12(19(27)18(10)26)13-6-7-14(21(29)20(13)28)23(33,34)35-11-8-15(24)17(16(25)9-11)22(30,31)32/h4-9H,2-3H2,1H3. The molecule has 0 aliphatic heterocycles. The highest BCUT2D eigenvalue weighted by atomic mass is 19.4. The van der Waals surface area contributed by atoms with E-state index in [9.17, 15) is 48.3 Å². The first kappa shape index (κ1) is 26.3. The molecule has 3 rings (SSSR count). The minimum absolute atomic E-state index is 0.0396. The molecule has 0 N–H and O–H groups in total. The van der Waals surface area contributed by atoms with Gasteiger partial charge in [-0.2, -0.15) is 22.0 Å². The summed E-state index contributed by atoms with van der Waals surface area (Å²) >= 11 is 0. The summed E-state index contributed by atoms with van der Waals surface area (Å²) in [5, 5.41) is 0. The first-order valence-corrected chi connectivity index (χ1v) is 9.77. The molecule has 12 heteroatoms. The van der Waals surface area contributed by atoms with E-state index in [1.165, 1.54) is 0 Å². The summed E-state index contributed by atoms with van der Waals surface area (Å²) in [6.07, 6.45) is -9.72. The third-order valence-electron chi connectivity index (χ3n) is 4.91. The number of halogens is 11.